The molecule has 0 saturated heterocycles. The molecular weight excluding hydrogens is 340 g/mol. The highest BCUT2D eigenvalue weighted by atomic mass is 15.3. The lowest BCUT2D eigenvalue weighted by atomic mass is 10.1. The number of hydrogen-bond donors (Lipinski definition) is 1. The highest BCUT2D eigenvalue weighted by molar-refractivity contribution is 6.45. The van der Waals surface area contributed by atoms with E-state index in [2.05, 4.69) is 25.4 Å². The highest BCUT2D eigenvalue weighted by Gasteiger charge is 2.32. The highest BCUT2D eigenvalue weighted by Crippen LogP contribution is 2.29. The molecule has 4 heterocycles. The van der Waals surface area contributed by atoms with Crippen molar-refractivity contribution in [3.8, 4) is 5.69 Å². The SMILES string of the molecule is Cn1cc(C2CN=C3C(Nc4ccc(-n5cccn5)cc4)=NC=CN32)cn1. The number of benzene rings is 1. The maximum Gasteiger partial charge on any atom is 0.173 e. The van der Waals surface area contributed by atoms with E-state index < -0.39 is 0 Å². The molecule has 134 valence electrons. The van der Waals surface area contributed by atoms with Gasteiger partial charge >= 0.3 is 0 Å². The summed E-state index contributed by atoms with van der Waals surface area (Å²) >= 11 is 0. The zero-order valence-electron chi connectivity index (χ0n) is 14.8. The van der Waals surface area contributed by atoms with E-state index in [4.69, 9.17) is 4.99 Å². The summed E-state index contributed by atoms with van der Waals surface area (Å²) in [7, 11) is 1.92. The number of amidine groups is 2. The first-order chi connectivity index (χ1) is 13.3. The largest absolute Gasteiger partial charge is 0.337 e. The van der Waals surface area contributed by atoms with Crippen molar-refractivity contribution >= 4 is 17.4 Å². The minimum Gasteiger partial charge on any atom is -0.337 e. The van der Waals surface area contributed by atoms with Gasteiger partial charge in [-0.15, -0.1) is 0 Å². The van der Waals surface area contributed by atoms with E-state index in [1.165, 1.54) is 0 Å². The molecule has 0 radical (unpaired) electrons. The Morgan fingerprint density at radius 2 is 2.04 bits per heavy atom. The van der Waals surface area contributed by atoms with E-state index in [1.807, 2.05) is 71.5 Å². The maximum atomic E-state index is 4.71. The zero-order valence-corrected chi connectivity index (χ0v) is 14.8. The fraction of sp³-hybridized carbons (Fsp3) is 0.158. The van der Waals surface area contributed by atoms with Gasteiger partial charge in [-0.1, -0.05) is 0 Å². The molecule has 1 atom stereocenters. The maximum absolute atomic E-state index is 4.71. The summed E-state index contributed by atoms with van der Waals surface area (Å²) in [5.74, 6) is 1.60. The minimum absolute atomic E-state index is 0.152. The van der Waals surface area contributed by atoms with Crippen LogP contribution in [0.5, 0.6) is 0 Å². The Morgan fingerprint density at radius 1 is 1.15 bits per heavy atom. The average Bonchev–Trinajstić information content (AvgIpc) is 3.43. The lowest BCUT2D eigenvalue weighted by Crippen LogP contribution is -2.37. The second-order valence-electron chi connectivity index (χ2n) is 6.43. The summed E-state index contributed by atoms with van der Waals surface area (Å²) in [5, 5.41) is 11.9. The number of rotatable bonds is 3. The van der Waals surface area contributed by atoms with Crippen LogP contribution in [0.15, 0.2) is 77.5 Å². The van der Waals surface area contributed by atoms with Crippen molar-refractivity contribution in [2.75, 3.05) is 11.9 Å². The van der Waals surface area contributed by atoms with Crippen LogP contribution in [0.3, 0.4) is 0 Å². The molecule has 0 spiro atoms. The molecule has 2 aromatic heterocycles. The van der Waals surface area contributed by atoms with Crippen LogP contribution in [0.25, 0.3) is 5.69 Å². The molecule has 0 saturated carbocycles. The second kappa shape index (κ2) is 6.24. The number of aliphatic imine (C=N–C) groups is 2. The molecule has 3 aromatic rings. The predicted molar refractivity (Wildman–Crippen MR) is 104 cm³/mol. The number of nitrogens with zero attached hydrogens (tertiary/aromatic N) is 7. The zero-order chi connectivity index (χ0) is 18.2. The van der Waals surface area contributed by atoms with Crippen molar-refractivity contribution in [1.29, 1.82) is 0 Å². The van der Waals surface area contributed by atoms with E-state index in [1.54, 1.807) is 12.4 Å². The average molecular weight is 358 g/mol. The fourth-order valence-electron chi connectivity index (χ4n) is 3.32. The summed E-state index contributed by atoms with van der Waals surface area (Å²) in [6.07, 6.45) is 11.4. The number of hydrogen-bond acceptors (Lipinski definition) is 6. The third-order valence-electron chi connectivity index (χ3n) is 4.65. The van der Waals surface area contributed by atoms with Crippen molar-refractivity contribution in [2.45, 2.75) is 6.04 Å². The van der Waals surface area contributed by atoms with Gasteiger partial charge in [-0.25, -0.2) is 9.67 Å². The van der Waals surface area contributed by atoms with Crippen LogP contribution in [-0.2, 0) is 7.05 Å². The van der Waals surface area contributed by atoms with Gasteiger partial charge in [0.05, 0.1) is 24.5 Å². The molecule has 1 N–H and O–H groups in total. The number of fused-ring (bicyclic) bond motifs is 1. The Morgan fingerprint density at radius 3 is 2.78 bits per heavy atom. The smallest absolute Gasteiger partial charge is 0.173 e. The molecule has 0 aliphatic carbocycles. The molecule has 0 fully saturated rings. The van der Waals surface area contributed by atoms with Crippen molar-refractivity contribution in [2.24, 2.45) is 17.0 Å². The molecule has 8 nitrogen and oxygen atoms in total. The van der Waals surface area contributed by atoms with Gasteiger partial charge in [0.15, 0.2) is 11.7 Å². The molecule has 1 unspecified atom stereocenters. The Bertz CT molecular complexity index is 1040. The number of nitrogens with one attached hydrogen (secondary N) is 1. The summed E-state index contributed by atoms with van der Waals surface area (Å²) in [4.78, 5) is 11.3. The molecule has 1 aromatic carbocycles. The minimum atomic E-state index is 0.152. The Labute approximate surface area is 156 Å². The lowest BCUT2D eigenvalue weighted by Gasteiger charge is -2.26. The molecule has 8 heteroatoms. The second-order valence-corrected chi connectivity index (χ2v) is 6.43. The van der Waals surface area contributed by atoms with Gasteiger partial charge in [-0.2, -0.15) is 10.2 Å². The first kappa shape index (κ1) is 15.6. The van der Waals surface area contributed by atoms with Gasteiger partial charge in [0, 0.05) is 49.3 Å². The number of anilines is 1. The molecule has 0 bridgehead atoms. The summed E-state index contributed by atoms with van der Waals surface area (Å²) in [6.45, 7) is 0.685. The Kier molecular flexibility index (Phi) is 3.60. The monoisotopic (exact) mass is 358 g/mol. The molecule has 2 aliphatic heterocycles. The first-order valence-corrected chi connectivity index (χ1v) is 8.71. The normalized spacial score (nSPS) is 18.3. The van der Waals surface area contributed by atoms with Gasteiger partial charge in [0.2, 0.25) is 0 Å². The van der Waals surface area contributed by atoms with Crippen molar-refractivity contribution in [3.05, 3.63) is 73.1 Å². The van der Waals surface area contributed by atoms with Gasteiger partial charge in [-0.05, 0) is 30.3 Å². The molecule has 2 aliphatic rings. The summed E-state index contributed by atoms with van der Waals surface area (Å²) in [6, 6.07) is 10.1. The lowest BCUT2D eigenvalue weighted by molar-refractivity contribution is 0.458. The van der Waals surface area contributed by atoms with Crippen LogP contribution < -0.4 is 5.32 Å². The van der Waals surface area contributed by atoms with Crippen molar-refractivity contribution in [3.63, 3.8) is 0 Å². The predicted octanol–water partition coefficient (Wildman–Crippen LogP) is 2.36. The third kappa shape index (κ3) is 2.80. The number of aryl methyl sites for hydroxylation is 1. The van der Waals surface area contributed by atoms with E-state index >= 15 is 0 Å². The van der Waals surface area contributed by atoms with Gasteiger partial charge < -0.3 is 10.2 Å². The van der Waals surface area contributed by atoms with Crippen molar-refractivity contribution < 1.29 is 0 Å². The summed E-state index contributed by atoms with van der Waals surface area (Å²) < 4.78 is 3.64. The van der Waals surface area contributed by atoms with Gasteiger partial charge in [0.25, 0.3) is 0 Å². The molecular formula is C19H18N8. The Hall–Kier alpha value is -3.68. The van der Waals surface area contributed by atoms with Crippen LogP contribution in [0.1, 0.15) is 11.6 Å². The quantitative estimate of drug-likeness (QED) is 0.780. The fourth-order valence-corrected chi connectivity index (χ4v) is 3.32. The van der Waals surface area contributed by atoms with Gasteiger partial charge in [0.1, 0.15) is 0 Å². The standard InChI is InChI=1S/C19H18N8/c1-25-13-14(11-23-25)17-12-21-19-18(20-8-10-26(17)19)24-15-3-5-16(6-4-15)27-9-2-7-22-27/h2-11,13,17H,12H2,1H3,(H,20,24). The molecule has 0 amide bonds. The molecule has 27 heavy (non-hydrogen) atoms. The van der Waals surface area contributed by atoms with Crippen molar-refractivity contribution in [1.82, 2.24) is 24.5 Å². The third-order valence-corrected chi connectivity index (χ3v) is 4.65. The van der Waals surface area contributed by atoms with Crippen LogP contribution in [0, 0.1) is 0 Å². The van der Waals surface area contributed by atoms with Crippen LogP contribution >= 0.6 is 0 Å². The van der Waals surface area contributed by atoms with E-state index in [-0.39, 0.29) is 6.04 Å². The Balaban J connectivity index is 1.34. The molecule has 5 rings (SSSR count). The van der Waals surface area contributed by atoms with E-state index in [0.29, 0.717) is 6.54 Å². The van der Waals surface area contributed by atoms with Crippen LogP contribution in [0.4, 0.5) is 5.69 Å². The van der Waals surface area contributed by atoms with Crippen LogP contribution in [-0.4, -0.2) is 42.7 Å². The summed E-state index contributed by atoms with van der Waals surface area (Å²) in [5.41, 5.74) is 3.10. The topological polar surface area (TPSA) is 75.6 Å². The van der Waals surface area contributed by atoms with E-state index in [9.17, 15) is 0 Å². The number of aromatic nitrogens is 4. The van der Waals surface area contributed by atoms with E-state index in [0.717, 1.165) is 28.6 Å². The van der Waals surface area contributed by atoms with Crippen LogP contribution in [0.2, 0.25) is 0 Å². The van der Waals surface area contributed by atoms with Gasteiger partial charge in [-0.3, -0.25) is 9.67 Å². The first-order valence-electron chi connectivity index (χ1n) is 8.71.